The Labute approximate surface area is 188 Å². The van der Waals surface area contributed by atoms with Crippen LogP contribution in [0.4, 0.5) is 19.0 Å². The number of pyridine rings is 2. The van der Waals surface area contributed by atoms with Gasteiger partial charge in [-0.2, -0.15) is 13.2 Å². The van der Waals surface area contributed by atoms with E-state index in [1.807, 2.05) is 36.1 Å². The van der Waals surface area contributed by atoms with Gasteiger partial charge in [0, 0.05) is 30.5 Å². The number of carbonyl (C=O) groups is 1. The molecular formula is C23H21F3N6O. The molecule has 5 rings (SSSR count). The fourth-order valence-corrected chi connectivity index (χ4v) is 4.75. The third-order valence-electron chi connectivity index (χ3n) is 6.19. The average molecular weight is 454 g/mol. The molecular weight excluding hydrogens is 433 g/mol. The van der Waals surface area contributed by atoms with Gasteiger partial charge >= 0.3 is 6.18 Å². The maximum Gasteiger partial charge on any atom is 0.434 e. The monoisotopic (exact) mass is 454 g/mol. The van der Waals surface area contributed by atoms with E-state index in [1.165, 1.54) is 0 Å². The summed E-state index contributed by atoms with van der Waals surface area (Å²) >= 11 is 0. The van der Waals surface area contributed by atoms with Crippen LogP contribution in [0.25, 0.3) is 11.3 Å². The SMILES string of the molecule is Cc1cnc(C(=O)N2C[C@H]3C[C@@H](Nc4cnc(C(F)(F)F)cn4)[C@@H]2C3)c(-c2ccccn2)c1. The topological polar surface area (TPSA) is 83.9 Å². The Bertz CT molecular complexity index is 1170. The molecule has 1 saturated carbocycles. The van der Waals surface area contributed by atoms with Gasteiger partial charge in [-0.25, -0.2) is 9.97 Å². The van der Waals surface area contributed by atoms with Gasteiger partial charge in [0.05, 0.1) is 24.1 Å². The molecule has 2 aliphatic rings. The maximum atomic E-state index is 13.6. The number of aryl methyl sites for hydroxylation is 1. The van der Waals surface area contributed by atoms with Gasteiger partial charge in [0.1, 0.15) is 11.5 Å². The van der Waals surface area contributed by atoms with E-state index in [9.17, 15) is 18.0 Å². The maximum absolute atomic E-state index is 13.6. The van der Waals surface area contributed by atoms with E-state index in [0.717, 1.165) is 24.6 Å². The molecule has 7 nitrogen and oxygen atoms in total. The van der Waals surface area contributed by atoms with Crippen LogP contribution in [-0.4, -0.2) is 49.4 Å². The molecule has 0 unspecified atom stereocenters. The summed E-state index contributed by atoms with van der Waals surface area (Å²) in [6.45, 7) is 2.54. The Morgan fingerprint density at radius 2 is 1.94 bits per heavy atom. The molecule has 0 aromatic carbocycles. The molecule has 0 radical (unpaired) electrons. The summed E-state index contributed by atoms with van der Waals surface area (Å²) in [5.74, 6) is 0.395. The largest absolute Gasteiger partial charge is 0.434 e. The predicted molar refractivity (Wildman–Crippen MR) is 114 cm³/mol. The molecule has 1 saturated heterocycles. The smallest absolute Gasteiger partial charge is 0.364 e. The third-order valence-corrected chi connectivity index (χ3v) is 6.19. The number of amides is 1. The lowest BCUT2D eigenvalue weighted by atomic mass is 10.0. The number of nitrogens with one attached hydrogen (secondary N) is 1. The molecule has 2 bridgehead atoms. The first-order chi connectivity index (χ1) is 15.8. The number of fused-ring (bicyclic) bond motifs is 2. The first-order valence-corrected chi connectivity index (χ1v) is 10.6. The second-order valence-corrected chi connectivity index (χ2v) is 8.52. The summed E-state index contributed by atoms with van der Waals surface area (Å²) in [6.07, 6.45) is 2.24. The van der Waals surface area contributed by atoms with Crippen LogP contribution in [0.5, 0.6) is 0 Å². The number of halogens is 3. The molecule has 170 valence electrons. The summed E-state index contributed by atoms with van der Waals surface area (Å²) < 4.78 is 38.3. The quantitative estimate of drug-likeness (QED) is 0.642. The van der Waals surface area contributed by atoms with E-state index in [4.69, 9.17) is 0 Å². The normalized spacial score (nSPS) is 21.9. The fourth-order valence-electron chi connectivity index (χ4n) is 4.75. The Morgan fingerprint density at radius 3 is 2.61 bits per heavy atom. The van der Waals surface area contributed by atoms with Crippen molar-refractivity contribution in [1.29, 1.82) is 0 Å². The highest BCUT2D eigenvalue weighted by Crippen LogP contribution is 2.40. The van der Waals surface area contributed by atoms with Crippen molar-refractivity contribution in [1.82, 2.24) is 24.8 Å². The minimum atomic E-state index is -4.53. The first-order valence-electron chi connectivity index (χ1n) is 10.6. The molecule has 10 heteroatoms. The van der Waals surface area contributed by atoms with Gasteiger partial charge in [-0.05, 0) is 49.4 Å². The lowest BCUT2D eigenvalue weighted by molar-refractivity contribution is -0.141. The summed E-state index contributed by atoms with van der Waals surface area (Å²) in [5.41, 5.74) is 1.60. The number of piperidine rings is 1. The van der Waals surface area contributed by atoms with Crippen LogP contribution < -0.4 is 5.32 Å². The van der Waals surface area contributed by atoms with Gasteiger partial charge in [0.15, 0.2) is 5.69 Å². The summed E-state index contributed by atoms with van der Waals surface area (Å²) in [4.78, 5) is 31.5. The standard InChI is InChI=1S/C23H21F3N6O/c1-13-6-15(16-4-2-3-5-27-16)21(30-9-13)22(33)32-12-14-7-17(18(32)8-14)31-20-11-28-19(10-29-20)23(24,25)26/h2-6,9-11,14,17-18H,7-8,12H2,1H3,(H,29,31)/t14-,17+,18-/m0/s1. The molecule has 1 aliphatic carbocycles. The van der Waals surface area contributed by atoms with E-state index in [2.05, 4.69) is 25.3 Å². The summed E-state index contributed by atoms with van der Waals surface area (Å²) in [5, 5.41) is 3.18. The Kier molecular flexibility index (Phi) is 5.22. The average Bonchev–Trinajstić information content (AvgIpc) is 3.40. The molecule has 1 aliphatic heterocycles. The molecule has 4 heterocycles. The number of hydrogen-bond donors (Lipinski definition) is 1. The Hall–Kier alpha value is -3.56. The van der Waals surface area contributed by atoms with Gasteiger partial charge in [-0.3, -0.25) is 14.8 Å². The number of aromatic nitrogens is 4. The van der Waals surface area contributed by atoms with E-state index in [0.29, 0.717) is 35.6 Å². The number of rotatable bonds is 4. The molecule has 3 aromatic heterocycles. The number of anilines is 1. The zero-order valence-corrected chi connectivity index (χ0v) is 17.8. The fraction of sp³-hybridized carbons (Fsp3) is 0.348. The van der Waals surface area contributed by atoms with Gasteiger partial charge in [0.2, 0.25) is 0 Å². The van der Waals surface area contributed by atoms with E-state index < -0.39 is 11.9 Å². The second kappa shape index (κ2) is 8.09. The van der Waals surface area contributed by atoms with Crippen LogP contribution in [0.1, 0.15) is 34.6 Å². The van der Waals surface area contributed by atoms with E-state index >= 15 is 0 Å². The third kappa shape index (κ3) is 4.12. The lowest BCUT2D eigenvalue weighted by Gasteiger charge is -2.34. The minimum Gasteiger partial charge on any atom is -0.364 e. The van der Waals surface area contributed by atoms with Crippen LogP contribution in [0.15, 0.2) is 49.1 Å². The molecule has 1 N–H and O–H groups in total. The van der Waals surface area contributed by atoms with E-state index in [1.54, 1.807) is 12.4 Å². The number of hydrogen-bond acceptors (Lipinski definition) is 6. The van der Waals surface area contributed by atoms with Crippen molar-refractivity contribution < 1.29 is 18.0 Å². The van der Waals surface area contributed by atoms with Gasteiger partial charge in [-0.15, -0.1) is 0 Å². The lowest BCUT2D eigenvalue weighted by Crippen LogP contribution is -2.48. The zero-order valence-electron chi connectivity index (χ0n) is 17.8. The molecule has 1 amide bonds. The van der Waals surface area contributed by atoms with Crippen molar-refractivity contribution in [3.05, 3.63) is 66.0 Å². The van der Waals surface area contributed by atoms with Gasteiger partial charge in [-0.1, -0.05) is 6.07 Å². The molecule has 0 spiro atoms. The van der Waals surface area contributed by atoms with Crippen LogP contribution in [0, 0.1) is 12.8 Å². The summed E-state index contributed by atoms with van der Waals surface area (Å²) in [6, 6.07) is 7.20. The van der Waals surface area contributed by atoms with Crippen LogP contribution in [0.3, 0.4) is 0 Å². The highest BCUT2D eigenvalue weighted by Gasteiger charge is 2.47. The Balaban J connectivity index is 1.37. The second-order valence-electron chi connectivity index (χ2n) is 8.52. The summed E-state index contributed by atoms with van der Waals surface area (Å²) in [7, 11) is 0. The highest BCUT2D eigenvalue weighted by atomic mass is 19.4. The van der Waals surface area contributed by atoms with Crippen molar-refractivity contribution in [3.8, 4) is 11.3 Å². The molecule has 3 atom stereocenters. The first kappa shape index (κ1) is 21.3. The number of likely N-dealkylation sites (tertiary alicyclic amines) is 1. The predicted octanol–water partition coefficient (Wildman–Crippen LogP) is 3.98. The zero-order chi connectivity index (χ0) is 23.2. The number of carbonyl (C=O) groups excluding carboxylic acids is 1. The van der Waals surface area contributed by atoms with Crippen molar-refractivity contribution >= 4 is 11.7 Å². The van der Waals surface area contributed by atoms with Crippen molar-refractivity contribution in [2.75, 3.05) is 11.9 Å². The van der Waals surface area contributed by atoms with Crippen molar-refractivity contribution in [3.63, 3.8) is 0 Å². The van der Waals surface area contributed by atoms with Crippen molar-refractivity contribution in [2.45, 2.75) is 38.0 Å². The Morgan fingerprint density at radius 1 is 1.09 bits per heavy atom. The van der Waals surface area contributed by atoms with E-state index in [-0.39, 0.29) is 23.8 Å². The number of nitrogens with zero attached hydrogens (tertiary/aromatic N) is 5. The number of alkyl halides is 3. The molecule has 3 aromatic rings. The van der Waals surface area contributed by atoms with Crippen LogP contribution in [0.2, 0.25) is 0 Å². The van der Waals surface area contributed by atoms with Gasteiger partial charge < -0.3 is 10.2 Å². The molecule has 33 heavy (non-hydrogen) atoms. The van der Waals surface area contributed by atoms with Crippen LogP contribution >= 0.6 is 0 Å². The van der Waals surface area contributed by atoms with Crippen LogP contribution in [-0.2, 0) is 6.18 Å². The minimum absolute atomic E-state index is 0.105. The van der Waals surface area contributed by atoms with Crippen molar-refractivity contribution in [2.24, 2.45) is 5.92 Å². The molecule has 2 fully saturated rings. The highest BCUT2D eigenvalue weighted by molar-refractivity contribution is 5.99. The van der Waals surface area contributed by atoms with Gasteiger partial charge in [0.25, 0.3) is 5.91 Å².